The molecule has 0 spiro atoms. The molecule has 37 heavy (non-hydrogen) atoms. The van der Waals surface area contributed by atoms with Gasteiger partial charge in [0.1, 0.15) is 12.4 Å². The number of ether oxygens (including phenoxy) is 1. The van der Waals surface area contributed by atoms with Crippen LogP contribution in [-0.4, -0.2) is 54.5 Å². The van der Waals surface area contributed by atoms with Crippen molar-refractivity contribution in [2.24, 2.45) is 5.92 Å². The molecule has 2 aliphatic heterocycles. The number of benzene rings is 2. The molecular weight excluding hydrogens is 503 g/mol. The van der Waals surface area contributed by atoms with Gasteiger partial charge in [0, 0.05) is 30.1 Å². The Morgan fingerprint density at radius 3 is 2.41 bits per heavy atom. The van der Waals surface area contributed by atoms with Gasteiger partial charge in [-0.25, -0.2) is 0 Å². The van der Waals surface area contributed by atoms with Gasteiger partial charge in [0.2, 0.25) is 5.91 Å². The van der Waals surface area contributed by atoms with Gasteiger partial charge in [0.25, 0.3) is 0 Å². The molecule has 1 saturated carbocycles. The summed E-state index contributed by atoms with van der Waals surface area (Å²) >= 11 is 6.76. The maximum atomic E-state index is 13.1. The molecule has 1 atom stereocenters. The Bertz CT molecular complexity index is 1050. The normalized spacial score (nSPS) is 21.2. The minimum absolute atomic E-state index is 0. The summed E-state index contributed by atoms with van der Waals surface area (Å²) < 4.78 is 6.06. The highest BCUT2D eigenvalue weighted by atomic mass is 35.5. The van der Waals surface area contributed by atoms with E-state index in [9.17, 15) is 4.79 Å². The van der Waals surface area contributed by atoms with Crippen molar-refractivity contribution in [3.8, 4) is 16.9 Å². The summed E-state index contributed by atoms with van der Waals surface area (Å²) in [5.41, 5.74) is 4.55. The van der Waals surface area contributed by atoms with Crippen LogP contribution in [0.25, 0.3) is 11.1 Å². The van der Waals surface area contributed by atoms with Crippen molar-refractivity contribution in [3.05, 3.63) is 52.5 Å². The molecule has 0 radical (unpaired) electrons. The maximum absolute atomic E-state index is 13.1. The van der Waals surface area contributed by atoms with Crippen LogP contribution in [0.4, 0.5) is 0 Å². The second-order valence-corrected chi connectivity index (χ2v) is 11.5. The minimum Gasteiger partial charge on any atom is -0.492 e. The summed E-state index contributed by atoms with van der Waals surface area (Å²) in [6.07, 6.45) is 11.9. The van der Waals surface area contributed by atoms with Crippen LogP contribution in [0.2, 0.25) is 5.02 Å². The molecule has 2 aromatic rings. The molecule has 1 unspecified atom stereocenters. The largest absolute Gasteiger partial charge is 0.492 e. The summed E-state index contributed by atoms with van der Waals surface area (Å²) in [6, 6.07) is 13.1. The van der Waals surface area contributed by atoms with E-state index in [2.05, 4.69) is 53.1 Å². The molecule has 1 aliphatic carbocycles. The topological polar surface area (TPSA) is 32.8 Å². The zero-order chi connectivity index (χ0) is 24.9. The maximum Gasteiger partial charge on any atom is 0.226 e. The zero-order valence-electron chi connectivity index (χ0n) is 22.2. The Balaban J connectivity index is 0.00000320. The monoisotopic (exact) mass is 544 g/mol. The molecule has 2 heterocycles. The number of amides is 1. The van der Waals surface area contributed by atoms with Crippen LogP contribution in [-0.2, 0) is 11.2 Å². The fourth-order valence-electron chi connectivity index (χ4n) is 6.38. The van der Waals surface area contributed by atoms with Crippen molar-refractivity contribution < 1.29 is 9.53 Å². The van der Waals surface area contributed by atoms with Crippen molar-refractivity contribution in [3.63, 3.8) is 0 Å². The third-order valence-corrected chi connectivity index (χ3v) is 8.87. The average Bonchev–Trinajstić information content (AvgIpc) is 3.26. The van der Waals surface area contributed by atoms with E-state index in [1.165, 1.54) is 75.6 Å². The number of hydrogen-bond acceptors (Lipinski definition) is 3. The molecule has 4 nitrogen and oxygen atoms in total. The Morgan fingerprint density at radius 2 is 1.68 bits per heavy atom. The van der Waals surface area contributed by atoms with E-state index >= 15 is 0 Å². The predicted molar refractivity (Wildman–Crippen MR) is 155 cm³/mol. The number of carbonyl (C=O) groups is 1. The minimum atomic E-state index is 0. The van der Waals surface area contributed by atoms with E-state index in [1.807, 2.05) is 0 Å². The lowest BCUT2D eigenvalue weighted by Crippen LogP contribution is -2.39. The van der Waals surface area contributed by atoms with Crippen LogP contribution in [0.5, 0.6) is 5.75 Å². The van der Waals surface area contributed by atoms with Crippen molar-refractivity contribution in [2.75, 3.05) is 32.8 Å². The molecule has 0 N–H and O–H groups in total. The summed E-state index contributed by atoms with van der Waals surface area (Å²) in [6.45, 7) is 7.18. The average molecular weight is 546 g/mol. The quantitative estimate of drug-likeness (QED) is 0.348. The number of hydrogen-bond donors (Lipinski definition) is 0. The van der Waals surface area contributed by atoms with Crippen LogP contribution in [0, 0.1) is 12.8 Å². The first-order valence-electron chi connectivity index (χ1n) is 14.1. The van der Waals surface area contributed by atoms with Gasteiger partial charge in [0.05, 0.1) is 0 Å². The molecule has 0 aromatic heterocycles. The number of piperidine rings is 1. The first-order valence-corrected chi connectivity index (χ1v) is 14.5. The van der Waals surface area contributed by atoms with Crippen molar-refractivity contribution in [1.29, 1.82) is 0 Å². The third-order valence-electron chi connectivity index (χ3n) is 8.52. The summed E-state index contributed by atoms with van der Waals surface area (Å²) in [5.74, 6) is 1.34. The standard InChI is InChI=1S/C31H41ClN2O2.ClH/c1-23-20-28(36-19-18-33-15-6-3-7-16-33)12-13-29(23)24-10-11-25(30(32)22-24)21-26-14-17-34(31(26)35)27-8-4-2-5-9-27;/h10-13,20,22,26-27H,2-9,14-19,21H2,1H3;1H. The predicted octanol–water partition coefficient (Wildman–Crippen LogP) is 7.33. The fraction of sp³-hybridized carbons (Fsp3) is 0.581. The van der Waals surface area contributed by atoms with Crippen molar-refractivity contribution >= 4 is 29.9 Å². The lowest BCUT2D eigenvalue weighted by molar-refractivity contribution is -0.133. The molecule has 0 bridgehead atoms. The van der Waals surface area contributed by atoms with E-state index in [1.54, 1.807) is 0 Å². The van der Waals surface area contributed by atoms with E-state index in [0.29, 0.717) is 11.9 Å². The van der Waals surface area contributed by atoms with E-state index in [4.69, 9.17) is 16.3 Å². The second kappa shape index (κ2) is 13.4. The Kier molecular flexibility index (Phi) is 10.2. The first kappa shape index (κ1) is 28.3. The van der Waals surface area contributed by atoms with Crippen molar-refractivity contribution in [1.82, 2.24) is 9.80 Å². The molecule has 2 saturated heterocycles. The lowest BCUT2D eigenvalue weighted by atomic mass is 9.93. The van der Waals surface area contributed by atoms with Crippen LogP contribution in [0.15, 0.2) is 36.4 Å². The molecule has 3 fully saturated rings. The zero-order valence-corrected chi connectivity index (χ0v) is 23.8. The molecule has 5 rings (SSSR count). The van der Waals surface area contributed by atoms with E-state index in [-0.39, 0.29) is 18.3 Å². The van der Waals surface area contributed by atoms with E-state index < -0.39 is 0 Å². The molecule has 6 heteroatoms. The van der Waals surface area contributed by atoms with Crippen molar-refractivity contribution in [2.45, 2.75) is 77.2 Å². The van der Waals surface area contributed by atoms with Crippen LogP contribution in [0.1, 0.15) is 68.9 Å². The van der Waals surface area contributed by atoms with Gasteiger partial charge < -0.3 is 9.64 Å². The lowest BCUT2D eigenvalue weighted by Gasteiger charge is -2.31. The third kappa shape index (κ3) is 7.02. The molecule has 2 aromatic carbocycles. The summed E-state index contributed by atoms with van der Waals surface area (Å²) in [5, 5.41) is 0.762. The number of likely N-dealkylation sites (tertiary alicyclic amines) is 2. The van der Waals surface area contributed by atoms with Crippen LogP contribution in [0.3, 0.4) is 0 Å². The van der Waals surface area contributed by atoms with Crippen LogP contribution >= 0.6 is 24.0 Å². The van der Waals surface area contributed by atoms with Gasteiger partial charge in [-0.15, -0.1) is 12.4 Å². The van der Waals surface area contributed by atoms with Gasteiger partial charge in [-0.3, -0.25) is 9.69 Å². The van der Waals surface area contributed by atoms with Gasteiger partial charge >= 0.3 is 0 Å². The molecule has 202 valence electrons. The molecule has 3 aliphatic rings. The summed E-state index contributed by atoms with van der Waals surface area (Å²) in [4.78, 5) is 17.8. The highest BCUT2D eigenvalue weighted by Crippen LogP contribution is 2.34. The highest BCUT2D eigenvalue weighted by molar-refractivity contribution is 6.31. The van der Waals surface area contributed by atoms with Gasteiger partial charge in [-0.1, -0.05) is 55.5 Å². The van der Waals surface area contributed by atoms with Gasteiger partial charge in [0.15, 0.2) is 0 Å². The molecule has 1 amide bonds. The second-order valence-electron chi connectivity index (χ2n) is 11.0. The Labute approximate surface area is 234 Å². The highest BCUT2D eigenvalue weighted by Gasteiger charge is 2.36. The number of rotatable bonds is 8. The SMILES string of the molecule is Cc1cc(OCCN2CCCCC2)ccc1-c1ccc(CC2CCN(C3CCCCC3)C2=O)c(Cl)c1.Cl. The number of nitrogens with zero attached hydrogens (tertiary/aromatic N) is 2. The first-order chi connectivity index (χ1) is 17.6. The van der Waals surface area contributed by atoms with E-state index in [0.717, 1.165) is 54.4 Å². The Hall–Kier alpha value is -1.75. The van der Waals surface area contributed by atoms with Gasteiger partial charge in [-0.2, -0.15) is 0 Å². The fourth-order valence-corrected chi connectivity index (χ4v) is 6.64. The number of halogens is 2. The van der Waals surface area contributed by atoms with Gasteiger partial charge in [-0.05, 0) is 99.0 Å². The molecular formula is C31H42Cl2N2O2. The Morgan fingerprint density at radius 1 is 0.919 bits per heavy atom. The number of aryl methyl sites for hydroxylation is 1. The van der Waals surface area contributed by atoms with Crippen LogP contribution < -0.4 is 4.74 Å². The number of carbonyl (C=O) groups excluding carboxylic acids is 1. The summed E-state index contributed by atoms with van der Waals surface area (Å²) in [7, 11) is 0. The smallest absolute Gasteiger partial charge is 0.226 e.